The summed E-state index contributed by atoms with van der Waals surface area (Å²) in [6.07, 6.45) is 4.13. The number of nitrogens with zero attached hydrogens (tertiary/aromatic N) is 2. The molecule has 0 fully saturated rings. The van der Waals surface area contributed by atoms with Crippen LogP contribution in [0.4, 0.5) is 0 Å². The number of carbonyl (C=O) groups is 1. The number of ketones is 1. The summed E-state index contributed by atoms with van der Waals surface area (Å²) in [7, 11) is 0. The standard InChI is InChI=1S/C10H16N2O/c1-4-5-9(6-8(2)3)10(13)7-12-11/h4,7-9H,1,5-6H2,2-3H3. The highest BCUT2D eigenvalue weighted by atomic mass is 16.1. The molecule has 0 aromatic heterocycles. The van der Waals surface area contributed by atoms with Crippen molar-refractivity contribution in [2.75, 3.05) is 0 Å². The van der Waals surface area contributed by atoms with Gasteiger partial charge in [0, 0.05) is 5.92 Å². The van der Waals surface area contributed by atoms with Crippen LogP contribution in [0.1, 0.15) is 26.7 Å². The lowest BCUT2D eigenvalue weighted by atomic mass is 9.91. The van der Waals surface area contributed by atoms with Crippen molar-refractivity contribution in [2.24, 2.45) is 11.8 Å². The first-order chi connectivity index (χ1) is 6.11. The minimum atomic E-state index is -0.129. The third kappa shape index (κ3) is 5.10. The summed E-state index contributed by atoms with van der Waals surface area (Å²) in [5.41, 5.74) is 8.21. The average Bonchev–Trinajstić information content (AvgIpc) is 2.03. The Bertz CT molecular complexity index is 227. The molecule has 0 aliphatic carbocycles. The third-order valence-corrected chi connectivity index (χ3v) is 1.79. The summed E-state index contributed by atoms with van der Waals surface area (Å²) in [5.74, 6) is 0.241. The number of Topliss-reactive ketones (excluding diaryl/α,β-unsaturated/α-hetero) is 1. The maximum Gasteiger partial charge on any atom is 0.323 e. The summed E-state index contributed by atoms with van der Waals surface area (Å²) in [4.78, 5) is 14.0. The molecule has 3 nitrogen and oxygen atoms in total. The van der Waals surface area contributed by atoms with E-state index >= 15 is 0 Å². The van der Waals surface area contributed by atoms with Gasteiger partial charge < -0.3 is 5.53 Å². The Kier molecular flexibility index (Phi) is 5.73. The van der Waals surface area contributed by atoms with Crippen LogP contribution in [0.15, 0.2) is 12.7 Å². The van der Waals surface area contributed by atoms with Gasteiger partial charge in [0.1, 0.15) is 0 Å². The normalized spacial score (nSPS) is 11.9. The lowest BCUT2D eigenvalue weighted by molar-refractivity contribution is -0.120. The minimum Gasteiger partial charge on any atom is -0.361 e. The first kappa shape index (κ1) is 11.8. The summed E-state index contributed by atoms with van der Waals surface area (Å²) in [5, 5.41) is 0. The molecule has 0 saturated carbocycles. The lowest BCUT2D eigenvalue weighted by Gasteiger charge is -2.11. The molecule has 0 bridgehead atoms. The highest BCUT2D eigenvalue weighted by molar-refractivity contribution is 6.26. The van der Waals surface area contributed by atoms with Gasteiger partial charge in [0.15, 0.2) is 0 Å². The Morgan fingerprint density at radius 1 is 1.62 bits per heavy atom. The third-order valence-electron chi connectivity index (χ3n) is 1.79. The smallest absolute Gasteiger partial charge is 0.323 e. The number of hydrogen-bond acceptors (Lipinski definition) is 1. The summed E-state index contributed by atoms with van der Waals surface area (Å²) in [6, 6.07) is 0. The van der Waals surface area contributed by atoms with Gasteiger partial charge in [-0.3, -0.25) is 4.79 Å². The van der Waals surface area contributed by atoms with Gasteiger partial charge in [-0.25, -0.2) is 0 Å². The predicted molar refractivity (Wildman–Crippen MR) is 52.4 cm³/mol. The molecule has 1 atom stereocenters. The molecule has 13 heavy (non-hydrogen) atoms. The van der Waals surface area contributed by atoms with Crippen molar-refractivity contribution in [1.82, 2.24) is 0 Å². The van der Waals surface area contributed by atoms with Crippen LogP contribution in [-0.4, -0.2) is 16.8 Å². The van der Waals surface area contributed by atoms with Gasteiger partial charge in [-0.2, -0.15) is 4.79 Å². The lowest BCUT2D eigenvalue weighted by Crippen LogP contribution is -2.17. The molecular formula is C10H16N2O. The van der Waals surface area contributed by atoms with E-state index in [1.165, 1.54) is 0 Å². The first-order valence-electron chi connectivity index (χ1n) is 4.44. The van der Waals surface area contributed by atoms with Crippen molar-refractivity contribution in [3.8, 4) is 0 Å². The molecule has 0 aromatic rings. The van der Waals surface area contributed by atoms with Crippen LogP contribution in [0.25, 0.3) is 5.53 Å². The predicted octanol–water partition coefficient (Wildman–Crippen LogP) is 2.09. The zero-order chi connectivity index (χ0) is 10.3. The van der Waals surface area contributed by atoms with E-state index in [9.17, 15) is 4.79 Å². The quantitative estimate of drug-likeness (QED) is 0.267. The van der Waals surface area contributed by atoms with E-state index in [1.54, 1.807) is 6.08 Å². The fraction of sp³-hybridized carbons (Fsp3) is 0.600. The largest absolute Gasteiger partial charge is 0.361 e. The van der Waals surface area contributed by atoms with E-state index in [-0.39, 0.29) is 11.7 Å². The van der Waals surface area contributed by atoms with E-state index in [0.29, 0.717) is 12.3 Å². The van der Waals surface area contributed by atoms with Crippen LogP contribution in [0.5, 0.6) is 0 Å². The van der Waals surface area contributed by atoms with E-state index in [0.717, 1.165) is 12.6 Å². The van der Waals surface area contributed by atoms with Crippen LogP contribution in [-0.2, 0) is 4.79 Å². The minimum absolute atomic E-state index is 0.0894. The van der Waals surface area contributed by atoms with Crippen molar-refractivity contribution in [3.63, 3.8) is 0 Å². The molecule has 0 aromatic carbocycles. The molecule has 0 saturated heterocycles. The maximum absolute atomic E-state index is 11.3. The summed E-state index contributed by atoms with van der Waals surface area (Å²) in [6.45, 7) is 7.70. The molecule has 0 amide bonds. The van der Waals surface area contributed by atoms with Crippen molar-refractivity contribution >= 4 is 12.0 Å². The van der Waals surface area contributed by atoms with Gasteiger partial charge in [-0.1, -0.05) is 19.9 Å². The number of carbonyl (C=O) groups excluding carboxylic acids is 1. The fourth-order valence-electron chi connectivity index (χ4n) is 1.26. The molecule has 3 heteroatoms. The van der Waals surface area contributed by atoms with E-state index in [4.69, 9.17) is 5.53 Å². The zero-order valence-corrected chi connectivity index (χ0v) is 8.23. The second-order valence-corrected chi connectivity index (χ2v) is 3.50. The van der Waals surface area contributed by atoms with Crippen molar-refractivity contribution in [1.29, 1.82) is 0 Å². The highest BCUT2D eigenvalue weighted by Gasteiger charge is 2.19. The van der Waals surface area contributed by atoms with Crippen LogP contribution >= 0.6 is 0 Å². The van der Waals surface area contributed by atoms with Crippen LogP contribution in [0, 0.1) is 11.8 Å². The molecule has 0 N–H and O–H groups in total. The highest BCUT2D eigenvalue weighted by Crippen LogP contribution is 2.15. The molecule has 72 valence electrons. The molecule has 0 aliphatic rings. The molecular weight excluding hydrogens is 164 g/mol. The molecule has 0 spiro atoms. The van der Waals surface area contributed by atoms with Crippen LogP contribution < -0.4 is 0 Å². The summed E-state index contributed by atoms with van der Waals surface area (Å²) < 4.78 is 0. The van der Waals surface area contributed by atoms with E-state index < -0.39 is 0 Å². The van der Waals surface area contributed by atoms with Crippen molar-refractivity contribution in [3.05, 3.63) is 18.2 Å². The van der Waals surface area contributed by atoms with Crippen LogP contribution in [0.2, 0.25) is 0 Å². The van der Waals surface area contributed by atoms with Gasteiger partial charge in [0.2, 0.25) is 5.78 Å². The monoisotopic (exact) mass is 180 g/mol. The van der Waals surface area contributed by atoms with E-state index in [2.05, 4.69) is 25.2 Å². The van der Waals surface area contributed by atoms with Gasteiger partial charge in [0.25, 0.3) is 0 Å². The molecule has 0 rings (SSSR count). The van der Waals surface area contributed by atoms with Crippen molar-refractivity contribution < 1.29 is 9.58 Å². The second kappa shape index (κ2) is 6.32. The Labute approximate surface area is 79.1 Å². The molecule has 0 radical (unpaired) electrons. The topological polar surface area (TPSA) is 53.5 Å². The maximum atomic E-state index is 11.3. The summed E-state index contributed by atoms with van der Waals surface area (Å²) >= 11 is 0. The fourth-order valence-corrected chi connectivity index (χ4v) is 1.26. The van der Waals surface area contributed by atoms with Crippen molar-refractivity contribution in [2.45, 2.75) is 26.7 Å². The average molecular weight is 180 g/mol. The van der Waals surface area contributed by atoms with Gasteiger partial charge in [0.05, 0.1) is 0 Å². The Balaban J connectivity index is 4.30. The Morgan fingerprint density at radius 2 is 2.23 bits per heavy atom. The second-order valence-electron chi connectivity index (χ2n) is 3.50. The Hall–Kier alpha value is -1.21. The van der Waals surface area contributed by atoms with E-state index in [1.807, 2.05) is 0 Å². The number of allylic oxidation sites excluding steroid dienone is 1. The SMILES string of the molecule is C=CCC(CC(C)C)C(=O)C=[N+]=[N-]. The first-order valence-corrected chi connectivity index (χ1v) is 4.44. The molecule has 1 unspecified atom stereocenters. The van der Waals surface area contributed by atoms with Gasteiger partial charge in [-0.05, 0) is 18.8 Å². The zero-order valence-electron chi connectivity index (χ0n) is 8.23. The van der Waals surface area contributed by atoms with Gasteiger partial charge >= 0.3 is 6.21 Å². The Morgan fingerprint density at radius 3 is 2.62 bits per heavy atom. The molecule has 0 heterocycles. The molecule has 0 aliphatic heterocycles. The number of hydrogen-bond donors (Lipinski definition) is 0. The number of rotatable bonds is 6. The van der Waals surface area contributed by atoms with Gasteiger partial charge in [-0.15, -0.1) is 6.58 Å². The van der Waals surface area contributed by atoms with Crippen LogP contribution in [0.3, 0.4) is 0 Å².